The molecule has 0 spiro atoms. The number of methoxy groups -OCH3 is 1. The van der Waals surface area contributed by atoms with E-state index >= 15 is 0 Å². The Labute approximate surface area is 133 Å². The first kappa shape index (κ1) is 15.0. The zero-order valence-electron chi connectivity index (χ0n) is 12.8. The molecule has 0 fully saturated rings. The van der Waals surface area contributed by atoms with Crippen LogP contribution in [0.3, 0.4) is 0 Å². The van der Waals surface area contributed by atoms with Gasteiger partial charge in [0.25, 0.3) is 0 Å². The number of ether oxygens (including phenoxy) is 2. The van der Waals surface area contributed by atoms with Crippen molar-refractivity contribution in [2.75, 3.05) is 13.7 Å². The second kappa shape index (κ2) is 6.04. The molecule has 1 heterocycles. The van der Waals surface area contributed by atoms with Gasteiger partial charge in [-0.15, -0.1) is 0 Å². The molecule has 118 valence electrons. The van der Waals surface area contributed by atoms with Crippen LogP contribution < -0.4 is 9.47 Å². The van der Waals surface area contributed by atoms with Gasteiger partial charge in [-0.25, -0.2) is 4.79 Å². The molecule has 0 amide bonds. The van der Waals surface area contributed by atoms with E-state index in [4.69, 9.17) is 13.9 Å². The Balaban J connectivity index is 2.12. The average molecular weight is 312 g/mol. The van der Waals surface area contributed by atoms with Crippen molar-refractivity contribution in [3.63, 3.8) is 0 Å². The third-order valence-corrected chi connectivity index (χ3v) is 3.51. The van der Waals surface area contributed by atoms with Crippen molar-refractivity contribution in [2.45, 2.75) is 6.92 Å². The Morgan fingerprint density at radius 3 is 2.48 bits per heavy atom. The number of rotatable bonds is 5. The third kappa shape index (κ3) is 2.85. The summed E-state index contributed by atoms with van der Waals surface area (Å²) in [6.45, 7) is 2.32. The smallest absolute Gasteiger partial charge is 0.339 e. The quantitative estimate of drug-likeness (QED) is 0.764. The molecule has 0 aliphatic heterocycles. The van der Waals surface area contributed by atoms with E-state index in [1.54, 1.807) is 13.2 Å². The van der Waals surface area contributed by atoms with Crippen LogP contribution in [0.25, 0.3) is 22.3 Å². The van der Waals surface area contributed by atoms with Crippen molar-refractivity contribution in [3.8, 4) is 22.8 Å². The van der Waals surface area contributed by atoms with E-state index in [0.717, 1.165) is 11.3 Å². The average Bonchev–Trinajstić information content (AvgIpc) is 2.98. The van der Waals surface area contributed by atoms with Gasteiger partial charge in [-0.2, -0.15) is 0 Å². The highest BCUT2D eigenvalue weighted by molar-refractivity contribution is 6.03. The summed E-state index contributed by atoms with van der Waals surface area (Å²) in [6, 6.07) is 12.4. The molecule has 0 saturated carbocycles. The summed E-state index contributed by atoms with van der Waals surface area (Å²) in [5.41, 5.74) is 1.27. The fraction of sp³-hybridized carbons (Fsp3) is 0.167. The summed E-state index contributed by atoms with van der Waals surface area (Å²) in [5.74, 6) is 0.806. The van der Waals surface area contributed by atoms with Crippen molar-refractivity contribution in [2.24, 2.45) is 0 Å². The molecular formula is C18H16O5. The third-order valence-electron chi connectivity index (χ3n) is 3.51. The van der Waals surface area contributed by atoms with E-state index in [-0.39, 0.29) is 5.56 Å². The number of carboxylic acids is 1. The normalized spacial score (nSPS) is 10.7. The Morgan fingerprint density at radius 1 is 1.13 bits per heavy atom. The molecule has 0 saturated heterocycles. The van der Waals surface area contributed by atoms with Gasteiger partial charge in [0.05, 0.1) is 13.7 Å². The first-order valence-corrected chi connectivity index (χ1v) is 7.20. The summed E-state index contributed by atoms with van der Waals surface area (Å²) in [4.78, 5) is 11.5. The Morgan fingerprint density at radius 2 is 1.87 bits per heavy atom. The van der Waals surface area contributed by atoms with Gasteiger partial charge in [0.1, 0.15) is 28.4 Å². The molecule has 1 aromatic heterocycles. The summed E-state index contributed by atoms with van der Waals surface area (Å²) >= 11 is 0. The minimum Gasteiger partial charge on any atom is -0.497 e. The molecule has 0 aliphatic carbocycles. The molecule has 5 nitrogen and oxygen atoms in total. The summed E-state index contributed by atoms with van der Waals surface area (Å²) in [5, 5.41) is 10.1. The molecule has 1 N–H and O–H groups in total. The van der Waals surface area contributed by atoms with E-state index < -0.39 is 5.97 Å². The van der Waals surface area contributed by atoms with Gasteiger partial charge in [0.2, 0.25) is 0 Å². The standard InChI is InChI=1S/C18H16O5/c1-3-22-14-8-12-9-16(11-4-6-13(21-2)7-5-11)23-17(12)15(10-14)18(19)20/h4-10H,3H2,1-2H3,(H,19,20). The molecule has 0 atom stereocenters. The zero-order chi connectivity index (χ0) is 16.4. The zero-order valence-corrected chi connectivity index (χ0v) is 12.8. The molecule has 2 aromatic carbocycles. The maximum absolute atomic E-state index is 11.5. The highest BCUT2D eigenvalue weighted by Crippen LogP contribution is 2.33. The number of fused-ring (bicyclic) bond motifs is 1. The van der Waals surface area contributed by atoms with Crippen LogP contribution >= 0.6 is 0 Å². The summed E-state index contributed by atoms with van der Waals surface area (Å²) in [7, 11) is 1.60. The maximum Gasteiger partial charge on any atom is 0.339 e. The number of hydrogen-bond acceptors (Lipinski definition) is 4. The van der Waals surface area contributed by atoms with Crippen LogP contribution in [0, 0.1) is 0 Å². The van der Waals surface area contributed by atoms with Crippen molar-refractivity contribution < 1.29 is 23.8 Å². The van der Waals surface area contributed by atoms with Gasteiger partial charge in [0, 0.05) is 10.9 Å². The van der Waals surface area contributed by atoms with Gasteiger partial charge >= 0.3 is 5.97 Å². The number of carbonyl (C=O) groups is 1. The molecule has 3 rings (SSSR count). The van der Waals surface area contributed by atoms with Crippen LogP contribution in [0.4, 0.5) is 0 Å². The van der Waals surface area contributed by atoms with Crippen LogP contribution in [0.1, 0.15) is 17.3 Å². The van der Waals surface area contributed by atoms with Crippen LogP contribution in [-0.2, 0) is 0 Å². The fourth-order valence-electron chi connectivity index (χ4n) is 2.43. The topological polar surface area (TPSA) is 68.9 Å². The second-order valence-corrected chi connectivity index (χ2v) is 4.97. The summed E-state index contributed by atoms with van der Waals surface area (Å²) < 4.78 is 16.3. The predicted molar refractivity (Wildman–Crippen MR) is 86.3 cm³/mol. The van der Waals surface area contributed by atoms with Gasteiger partial charge in [-0.05, 0) is 49.4 Å². The van der Waals surface area contributed by atoms with Crippen LogP contribution in [0.5, 0.6) is 11.5 Å². The highest BCUT2D eigenvalue weighted by atomic mass is 16.5. The molecule has 0 unspecified atom stereocenters. The van der Waals surface area contributed by atoms with Gasteiger partial charge in [-0.3, -0.25) is 0 Å². The first-order chi connectivity index (χ1) is 11.1. The summed E-state index contributed by atoms with van der Waals surface area (Å²) in [6.07, 6.45) is 0. The Kier molecular flexibility index (Phi) is 3.93. The lowest BCUT2D eigenvalue weighted by Gasteiger charge is -2.04. The van der Waals surface area contributed by atoms with Gasteiger partial charge in [0.15, 0.2) is 0 Å². The number of hydrogen-bond donors (Lipinski definition) is 1. The highest BCUT2D eigenvalue weighted by Gasteiger charge is 2.17. The molecular weight excluding hydrogens is 296 g/mol. The molecule has 0 bridgehead atoms. The lowest BCUT2D eigenvalue weighted by Crippen LogP contribution is -1.99. The fourth-order valence-corrected chi connectivity index (χ4v) is 2.43. The molecule has 0 radical (unpaired) electrons. The predicted octanol–water partition coefficient (Wildman–Crippen LogP) is 4.21. The minimum absolute atomic E-state index is 0.0886. The Hall–Kier alpha value is -2.95. The number of furan rings is 1. The molecule has 5 heteroatoms. The molecule has 0 aliphatic rings. The number of carboxylic acid groups (broad SMARTS) is 1. The van der Waals surface area contributed by atoms with E-state index in [1.165, 1.54) is 6.07 Å². The van der Waals surface area contributed by atoms with E-state index in [1.807, 2.05) is 37.3 Å². The van der Waals surface area contributed by atoms with Gasteiger partial charge in [-0.1, -0.05) is 0 Å². The van der Waals surface area contributed by atoms with Crippen molar-refractivity contribution in [3.05, 3.63) is 48.0 Å². The molecule has 23 heavy (non-hydrogen) atoms. The minimum atomic E-state index is -1.05. The van der Waals surface area contributed by atoms with E-state index in [2.05, 4.69) is 0 Å². The number of benzene rings is 2. The Bertz CT molecular complexity index is 846. The van der Waals surface area contributed by atoms with Crippen molar-refractivity contribution in [1.29, 1.82) is 0 Å². The van der Waals surface area contributed by atoms with Crippen LogP contribution in [0.2, 0.25) is 0 Å². The molecule has 3 aromatic rings. The maximum atomic E-state index is 11.5. The van der Waals surface area contributed by atoms with E-state index in [9.17, 15) is 9.90 Å². The van der Waals surface area contributed by atoms with Crippen LogP contribution in [0.15, 0.2) is 46.9 Å². The lowest BCUT2D eigenvalue weighted by atomic mass is 10.1. The largest absolute Gasteiger partial charge is 0.497 e. The first-order valence-electron chi connectivity index (χ1n) is 7.20. The van der Waals surface area contributed by atoms with Crippen LogP contribution in [-0.4, -0.2) is 24.8 Å². The van der Waals surface area contributed by atoms with E-state index in [0.29, 0.717) is 29.1 Å². The number of aromatic carboxylic acids is 1. The second-order valence-electron chi connectivity index (χ2n) is 4.97. The van der Waals surface area contributed by atoms with Crippen molar-refractivity contribution in [1.82, 2.24) is 0 Å². The SMILES string of the molecule is CCOc1cc(C(=O)O)c2oc(-c3ccc(OC)cc3)cc2c1. The van der Waals surface area contributed by atoms with Crippen molar-refractivity contribution >= 4 is 16.9 Å². The monoisotopic (exact) mass is 312 g/mol. The van der Waals surface area contributed by atoms with Gasteiger partial charge < -0.3 is 19.0 Å². The lowest BCUT2D eigenvalue weighted by molar-refractivity contribution is 0.0697.